The van der Waals surface area contributed by atoms with Crippen LogP contribution in [0.25, 0.3) is 10.9 Å². The van der Waals surface area contributed by atoms with Crippen molar-refractivity contribution in [3.63, 3.8) is 0 Å². The van der Waals surface area contributed by atoms with Crippen LogP contribution in [0.15, 0.2) is 24.3 Å². The molecule has 0 spiro atoms. The summed E-state index contributed by atoms with van der Waals surface area (Å²) >= 11 is 0. The van der Waals surface area contributed by atoms with Gasteiger partial charge in [-0.2, -0.15) is 0 Å². The van der Waals surface area contributed by atoms with E-state index >= 15 is 0 Å². The average molecular weight is 258 g/mol. The maximum Gasteiger partial charge on any atom is 0.0877 e. The van der Waals surface area contributed by atoms with Crippen LogP contribution in [0.2, 0.25) is 0 Å². The molecule has 19 heavy (non-hydrogen) atoms. The summed E-state index contributed by atoms with van der Waals surface area (Å²) in [6.45, 7) is 3.42. The Bertz CT molecular complexity index is 584. The predicted octanol–water partition coefficient (Wildman–Crippen LogP) is 2.91. The minimum absolute atomic E-state index is 0.217. The van der Waals surface area contributed by atoms with Crippen LogP contribution in [-0.2, 0) is 11.8 Å². The molecule has 3 nitrogen and oxygen atoms in total. The van der Waals surface area contributed by atoms with Gasteiger partial charge in [-0.15, -0.1) is 0 Å². The molecule has 0 bridgehead atoms. The van der Waals surface area contributed by atoms with E-state index in [2.05, 4.69) is 42.8 Å². The van der Waals surface area contributed by atoms with Crippen LogP contribution in [0.1, 0.15) is 30.2 Å². The fourth-order valence-corrected chi connectivity index (χ4v) is 2.96. The number of benzene rings is 1. The van der Waals surface area contributed by atoms with E-state index in [0.29, 0.717) is 19.1 Å². The van der Waals surface area contributed by atoms with E-state index in [0.717, 1.165) is 0 Å². The monoisotopic (exact) mass is 258 g/mol. The molecule has 1 saturated carbocycles. The van der Waals surface area contributed by atoms with Gasteiger partial charge in [0, 0.05) is 35.8 Å². The fraction of sp³-hybridized carbons (Fsp3) is 0.500. The Morgan fingerprint density at radius 1 is 1.37 bits per heavy atom. The maximum atomic E-state index is 6.07. The highest BCUT2D eigenvalue weighted by molar-refractivity contribution is 5.86. The smallest absolute Gasteiger partial charge is 0.0877 e. The van der Waals surface area contributed by atoms with E-state index in [-0.39, 0.29) is 6.10 Å². The van der Waals surface area contributed by atoms with Gasteiger partial charge >= 0.3 is 0 Å². The van der Waals surface area contributed by atoms with Gasteiger partial charge in [0.05, 0.1) is 12.7 Å². The SMILES string of the molecule is Cc1c(C(OCCN)C2CC2)c2ccccc2n1C. The highest BCUT2D eigenvalue weighted by Crippen LogP contribution is 2.46. The molecule has 1 fully saturated rings. The highest BCUT2D eigenvalue weighted by atomic mass is 16.5. The molecule has 2 aromatic rings. The van der Waals surface area contributed by atoms with E-state index in [1.807, 2.05) is 0 Å². The quantitative estimate of drug-likeness (QED) is 0.895. The number of nitrogens with zero attached hydrogens (tertiary/aromatic N) is 1. The Balaban J connectivity index is 2.09. The van der Waals surface area contributed by atoms with Crippen molar-refractivity contribution in [1.82, 2.24) is 4.57 Å². The molecule has 2 N–H and O–H groups in total. The summed E-state index contributed by atoms with van der Waals surface area (Å²) < 4.78 is 8.33. The molecule has 1 aliphatic rings. The zero-order chi connectivity index (χ0) is 13.4. The van der Waals surface area contributed by atoms with Crippen molar-refractivity contribution in [3.8, 4) is 0 Å². The Kier molecular flexibility index (Phi) is 3.33. The molecule has 1 aliphatic carbocycles. The molecule has 0 amide bonds. The van der Waals surface area contributed by atoms with E-state index in [1.165, 1.54) is 35.0 Å². The van der Waals surface area contributed by atoms with Crippen molar-refractivity contribution >= 4 is 10.9 Å². The molecule has 1 aromatic heterocycles. The summed E-state index contributed by atoms with van der Waals surface area (Å²) in [6.07, 6.45) is 2.77. The lowest BCUT2D eigenvalue weighted by Gasteiger charge is -2.18. The third-order valence-electron chi connectivity index (χ3n) is 4.20. The van der Waals surface area contributed by atoms with Crippen molar-refractivity contribution in [1.29, 1.82) is 0 Å². The molecule has 0 saturated heterocycles. The number of hydrogen-bond donors (Lipinski definition) is 1. The second kappa shape index (κ2) is 4.99. The highest BCUT2D eigenvalue weighted by Gasteiger charge is 2.35. The summed E-state index contributed by atoms with van der Waals surface area (Å²) in [5, 5.41) is 1.33. The van der Waals surface area contributed by atoms with Crippen molar-refractivity contribution in [2.45, 2.75) is 25.9 Å². The van der Waals surface area contributed by atoms with Gasteiger partial charge in [0.15, 0.2) is 0 Å². The first-order valence-corrected chi connectivity index (χ1v) is 7.09. The first kappa shape index (κ1) is 12.7. The van der Waals surface area contributed by atoms with E-state index < -0.39 is 0 Å². The van der Waals surface area contributed by atoms with Gasteiger partial charge in [0.1, 0.15) is 0 Å². The van der Waals surface area contributed by atoms with Gasteiger partial charge in [-0.1, -0.05) is 18.2 Å². The normalized spacial score (nSPS) is 17.0. The number of para-hydroxylation sites is 1. The summed E-state index contributed by atoms with van der Waals surface area (Å²) in [5.41, 5.74) is 9.57. The van der Waals surface area contributed by atoms with Crippen LogP contribution < -0.4 is 5.73 Å². The van der Waals surface area contributed by atoms with Gasteiger partial charge in [-0.3, -0.25) is 0 Å². The van der Waals surface area contributed by atoms with Crippen LogP contribution in [0.5, 0.6) is 0 Å². The molecular formula is C16H22N2O. The minimum Gasteiger partial charge on any atom is -0.372 e. The lowest BCUT2D eigenvalue weighted by Crippen LogP contribution is -2.15. The van der Waals surface area contributed by atoms with Crippen LogP contribution >= 0.6 is 0 Å². The van der Waals surface area contributed by atoms with Crippen molar-refractivity contribution in [2.75, 3.05) is 13.2 Å². The summed E-state index contributed by atoms with van der Waals surface area (Å²) in [5.74, 6) is 0.677. The van der Waals surface area contributed by atoms with Gasteiger partial charge in [-0.05, 0) is 31.7 Å². The molecule has 3 heteroatoms. The van der Waals surface area contributed by atoms with E-state index in [1.54, 1.807) is 0 Å². The summed E-state index contributed by atoms with van der Waals surface area (Å²) in [4.78, 5) is 0. The maximum absolute atomic E-state index is 6.07. The average Bonchev–Trinajstić information content (AvgIpc) is 3.23. The van der Waals surface area contributed by atoms with E-state index in [9.17, 15) is 0 Å². The number of ether oxygens (including phenoxy) is 1. The number of fused-ring (bicyclic) bond motifs is 1. The van der Waals surface area contributed by atoms with Crippen molar-refractivity contribution in [3.05, 3.63) is 35.5 Å². The van der Waals surface area contributed by atoms with Gasteiger partial charge in [0.25, 0.3) is 0 Å². The Labute approximate surface area is 114 Å². The Morgan fingerprint density at radius 2 is 2.11 bits per heavy atom. The molecular weight excluding hydrogens is 236 g/mol. The zero-order valence-electron chi connectivity index (χ0n) is 11.7. The fourth-order valence-electron chi connectivity index (χ4n) is 2.96. The third kappa shape index (κ3) is 2.17. The number of aryl methyl sites for hydroxylation is 1. The van der Waals surface area contributed by atoms with Gasteiger partial charge in [-0.25, -0.2) is 0 Å². The molecule has 102 valence electrons. The van der Waals surface area contributed by atoms with Crippen LogP contribution in [0, 0.1) is 12.8 Å². The Morgan fingerprint density at radius 3 is 2.79 bits per heavy atom. The number of hydrogen-bond acceptors (Lipinski definition) is 2. The number of rotatable bonds is 5. The number of aromatic nitrogens is 1. The largest absolute Gasteiger partial charge is 0.372 e. The first-order valence-electron chi connectivity index (χ1n) is 7.09. The lowest BCUT2D eigenvalue weighted by molar-refractivity contribution is 0.0429. The predicted molar refractivity (Wildman–Crippen MR) is 78.1 cm³/mol. The molecule has 3 rings (SSSR count). The van der Waals surface area contributed by atoms with Crippen LogP contribution in [-0.4, -0.2) is 17.7 Å². The Hall–Kier alpha value is -1.32. The third-order valence-corrected chi connectivity index (χ3v) is 4.20. The number of nitrogens with two attached hydrogens (primary N) is 1. The van der Waals surface area contributed by atoms with Crippen molar-refractivity contribution < 1.29 is 4.74 Å². The summed E-state index contributed by atoms with van der Waals surface area (Å²) in [7, 11) is 2.13. The van der Waals surface area contributed by atoms with Gasteiger partial charge in [0.2, 0.25) is 0 Å². The molecule has 0 aliphatic heterocycles. The molecule has 1 atom stereocenters. The minimum atomic E-state index is 0.217. The second-order valence-corrected chi connectivity index (χ2v) is 5.49. The molecule has 1 aromatic carbocycles. The summed E-state index contributed by atoms with van der Waals surface area (Å²) in [6, 6.07) is 8.59. The topological polar surface area (TPSA) is 40.2 Å². The molecule has 0 radical (unpaired) electrons. The molecule has 1 heterocycles. The zero-order valence-corrected chi connectivity index (χ0v) is 11.7. The lowest BCUT2D eigenvalue weighted by atomic mass is 10.0. The first-order chi connectivity index (χ1) is 9.24. The van der Waals surface area contributed by atoms with Crippen LogP contribution in [0.4, 0.5) is 0 Å². The van der Waals surface area contributed by atoms with Crippen molar-refractivity contribution in [2.24, 2.45) is 18.7 Å². The van der Waals surface area contributed by atoms with Crippen LogP contribution in [0.3, 0.4) is 0 Å². The second-order valence-electron chi connectivity index (χ2n) is 5.49. The molecule has 1 unspecified atom stereocenters. The van der Waals surface area contributed by atoms with Gasteiger partial charge < -0.3 is 15.0 Å². The standard InChI is InChI=1S/C16H22N2O/c1-11-15(16(12-7-8-12)19-10-9-17)13-5-3-4-6-14(13)18(11)2/h3-6,12,16H,7-10,17H2,1-2H3. The van der Waals surface area contributed by atoms with E-state index in [4.69, 9.17) is 10.5 Å².